The largest absolute Gasteiger partial charge is 0.384 e. The molecule has 21 heavy (non-hydrogen) atoms. The fraction of sp³-hybridized carbons (Fsp3) is 1.00. The van der Waals surface area contributed by atoms with E-state index in [9.17, 15) is 0 Å². The minimum Gasteiger partial charge on any atom is -0.384 e. The van der Waals surface area contributed by atoms with Crippen LogP contribution in [0.2, 0.25) is 0 Å². The van der Waals surface area contributed by atoms with Crippen molar-refractivity contribution in [2.24, 2.45) is 11.3 Å². The van der Waals surface area contributed by atoms with Gasteiger partial charge in [-0.15, -0.1) is 0 Å². The zero-order chi connectivity index (χ0) is 14.5. The molecule has 0 bridgehead atoms. The van der Waals surface area contributed by atoms with Crippen LogP contribution in [0.15, 0.2) is 0 Å². The van der Waals surface area contributed by atoms with E-state index in [4.69, 9.17) is 4.74 Å². The second-order valence-corrected chi connectivity index (χ2v) is 7.91. The summed E-state index contributed by atoms with van der Waals surface area (Å²) < 4.78 is 5.39. The van der Waals surface area contributed by atoms with Crippen LogP contribution in [0.4, 0.5) is 0 Å². The molecule has 1 unspecified atom stereocenters. The van der Waals surface area contributed by atoms with Gasteiger partial charge in [0.15, 0.2) is 0 Å². The van der Waals surface area contributed by atoms with Crippen molar-refractivity contribution in [2.75, 3.05) is 39.9 Å². The van der Waals surface area contributed by atoms with Gasteiger partial charge in [0, 0.05) is 32.8 Å². The standard InChI is InChI=1S/C18H34N2O/c1-21-13-16-6-5-11-20(12-16)15-18(9-3-2-4-10-18)14-19-17-7-8-17/h16-17,19H,2-15H2,1H3. The first-order chi connectivity index (χ1) is 10.3. The third-order valence-electron chi connectivity index (χ3n) is 5.82. The molecule has 3 fully saturated rings. The van der Waals surface area contributed by atoms with Crippen molar-refractivity contribution in [3.05, 3.63) is 0 Å². The molecule has 2 saturated carbocycles. The molecule has 1 aliphatic heterocycles. The lowest BCUT2D eigenvalue weighted by molar-refractivity contribution is 0.0473. The normalized spacial score (nSPS) is 30.4. The topological polar surface area (TPSA) is 24.5 Å². The zero-order valence-corrected chi connectivity index (χ0v) is 13.9. The Labute approximate surface area is 130 Å². The lowest BCUT2D eigenvalue weighted by atomic mass is 9.73. The molecule has 0 aromatic heterocycles. The van der Waals surface area contributed by atoms with Gasteiger partial charge in [-0.1, -0.05) is 19.3 Å². The molecule has 122 valence electrons. The average molecular weight is 294 g/mol. The number of nitrogens with zero attached hydrogens (tertiary/aromatic N) is 1. The summed E-state index contributed by atoms with van der Waals surface area (Å²) in [6.45, 7) is 6.12. The van der Waals surface area contributed by atoms with Crippen LogP contribution in [0, 0.1) is 11.3 Å². The fourth-order valence-electron chi connectivity index (χ4n) is 4.48. The van der Waals surface area contributed by atoms with Gasteiger partial charge in [-0.3, -0.25) is 0 Å². The molecule has 3 rings (SSSR count). The van der Waals surface area contributed by atoms with Crippen molar-refractivity contribution in [3.8, 4) is 0 Å². The van der Waals surface area contributed by atoms with E-state index in [1.54, 1.807) is 0 Å². The van der Waals surface area contributed by atoms with Crippen LogP contribution in [0.1, 0.15) is 57.8 Å². The highest BCUT2D eigenvalue weighted by molar-refractivity contribution is 4.92. The summed E-state index contributed by atoms with van der Waals surface area (Å²) in [4.78, 5) is 2.76. The number of rotatable bonds is 7. The Hall–Kier alpha value is -0.120. The molecule has 1 atom stereocenters. The van der Waals surface area contributed by atoms with E-state index in [-0.39, 0.29) is 0 Å². The SMILES string of the molecule is COCC1CCCN(CC2(CNC3CC3)CCCCC2)C1. The van der Waals surface area contributed by atoms with Crippen molar-refractivity contribution in [1.29, 1.82) is 0 Å². The predicted octanol–water partition coefficient (Wildman–Crippen LogP) is 3.05. The van der Waals surface area contributed by atoms with Crippen LogP contribution in [0.25, 0.3) is 0 Å². The zero-order valence-electron chi connectivity index (χ0n) is 13.9. The molecule has 0 amide bonds. The number of nitrogens with one attached hydrogen (secondary N) is 1. The highest BCUT2D eigenvalue weighted by atomic mass is 16.5. The first kappa shape index (κ1) is 15.8. The van der Waals surface area contributed by atoms with Crippen molar-refractivity contribution in [1.82, 2.24) is 10.2 Å². The van der Waals surface area contributed by atoms with Crippen LogP contribution in [-0.2, 0) is 4.74 Å². The Kier molecular flexibility index (Phi) is 5.58. The van der Waals surface area contributed by atoms with E-state index in [0.29, 0.717) is 5.41 Å². The molecule has 2 aliphatic carbocycles. The summed E-state index contributed by atoms with van der Waals surface area (Å²) in [5.41, 5.74) is 0.565. The molecule has 3 aliphatic rings. The number of hydrogen-bond donors (Lipinski definition) is 1. The van der Waals surface area contributed by atoms with Gasteiger partial charge in [0.05, 0.1) is 6.61 Å². The summed E-state index contributed by atoms with van der Waals surface area (Å²) in [6.07, 6.45) is 12.8. The maximum Gasteiger partial charge on any atom is 0.0502 e. The lowest BCUT2D eigenvalue weighted by Crippen LogP contribution is -2.49. The Morgan fingerprint density at radius 2 is 1.90 bits per heavy atom. The summed E-state index contributed by atoms with van der Waals surface area (Å²) >= 11 is 0. The van der Waals surface area contributed by atoms with Gasteiger partial charge in [-0.25, -0.2) is 0 Å². The number of piperidine rings is 1. The van der Waals surface area contributed by atoms with Crippen molar-refractivity contribution in [2.45, 2.75) is 63.8 Å². The minimum absolute atomic E-state index is 0.565. The molecule has 0 aromatic rings. The Bertz CT molecular complexity index is 308. The quantitative estimate of drug-likeness (QED) is 0.781. The average Bonchev–Trinajstić information content (AvgIpc) is 3.31. The molecule has 0 radical (unpaired) electrons. The van der Waals surface area contributed by atoms with E-state index in [1.807, 2.05) is 7.11 Å². The third kappa shape index (κ3) is 4.67. The Morgan fingerprint density at radius 1 is 1.10 bits per heavy atom. The number of hydrogen-bond acceptors (Lipinski definition) is 3. The molecule has 3 heteroatoms. The van der Waals surface area contributed by atoms with Gasteiger partial charge in [0.25, 0.3) is 0 Å². The van der Waals surface area contributed by atoms with E-state index >= 15 is 0 Å². The van der Waals surface area contributed by atoms with Gasteiger partial charge in [0.1, 0.15) is 0 Å². The van der Waals surface area contributed by atoms with Crippen LogP contribution < -0.4 is 5.32 Å². The summed E-state index contributed by atoms with van der Waals surface area (Å²) in [7, 11) is 1.85. The van der Waals surface area contributed by atoms with E-state index in [1.165, 1.54) is 84.0 Å². The van der Waals surface area contributed by atoms with Crippen molar-refractivity contribution < 1.29 is 4.74 Å². The van der Waals surface area contributed by atoms with Gasteiger partial charge in [0.2, 0.25) is 0 Å². The Morgan fingerprint density at radius 3 is 2.62 bits per heavy atom. The second-order valence-electron chi connectivity index (χ2n) is 7.91. The molecule has 3 nitrogen and oxygen atoms in total. The highest BCUT2D eigenvalue weighted by Crippen LogP contribution is 2.38. The molecular weight excluding hydrogens is 260 g/mol. The lowest BCUT2D eigenvalue weighted by Gasteiger charge is -2.44. The predicted molar refractivity (Wildman–Crippen MR) is 87.6 cm³/mol. The van der Waals surface area contributed by atoms with Gasteiger partial charge < -0.3 is 15.0 Å². The number of likely N-dealkylation sites (tertiary alicyclic amines) is 1. The number of ether oxygens (including phenoxy) is 1. The Balaban J connectivity index is 1.54. The van der Waals surface area contributed by atoms with Crippen molar-refractivity contribution in [3.63, 3.8) is 0 Å². The minimum atomic E-state index is 0.565. The fourth-order valence-corrected chi connectivity index (χ4v) is 4.48. The van der Waals surface area contributed by atoms with E-state index in [2.05, 4.69) is 10.2 Å². The third-order valence-corrected chi connectivity index (χ3v) is 5.82. The molecule has 1 heterocycles. The molecular formula is C18H34N2O. The molecule has 1 saturated heterocycles. The summed E-state index contributed by atoms with van der Waals surface area (Å²) in [6, 6.07) is 0.853. The molecule has 0 spiro atoms. The monoisotopic (exact) mass is 294 g/mol. The van der Waals surface area contributed by atoms with Crippen LogP contribution in [0.3, 0.4) is 0 Å². The summed E-state index contributed by atoms with van der Waals surface area (Å²) in [5, 5.41) is 3.84. The smallest absolute Gasteiger partial charge is 0.0502 e. The highest BCUT2D eigenvalue weighted by Gasteiger charge is 2.36. The van der Waals surface area contributed by atoms with Gasteiger partial charge in [-0.2, -0.15) is 0 Å². The van der Waals surface area contributed by atoms with Crippen LogP contribution in [-0.4, -0.2) is 50.8 Å². The van der Waals surface area contributed by atoms with Gasteiger partial charge >= 0.3 is 0 Å². The molecule has 0 aromatic carbocycles. The van der Waals surface area contributed by atoms with Crippen LogP contribution in [0.5, 0.6) is 0 Å². The summed E-state index contributed by atoms with van der Waals surface area (Å²) in [5.74, 6) is 0.765. The van der Waals surface area contributed by atoms with Crippen LogP contribution >= 0.6 is 0 Å². The van der Waals surface area contributed by atoms with E-state index < -0.39 is 0 Å². The molecule has 1 N–H and O–H groups in total. The van der Waals surface area contributed by atoms with Crippen molar-refractivity contribution >= 4 is 0 Å². The number of methoxy groups -OCH3 is 1. The second kappa shape index (κ2) is 7.43. The first-order valence-corrected chi connectivity index (χ1v) is 9.24. The maximum absolute atomic E-state index is 5.39. The van der Waals surface area contributed by atoms with E-state index in [0.717, 1.165) is 18.6 Å². The first-order valence-electron chi connectivity index (χ1n) is 9.24. The van der Waals surface area contributed by atoms with Gasteiger partial charge in [-0.05, 0) is 56.4 Å². The maximum atomic E-state index is 5.39.